The molecule has 2 N–H and O–H groups in total. The number of urea groups is 1. The fourth-order valence-electron chi connectivity index (χ4n) is 5.63. The van der Waals surface area contributed by atoms with Gasteiger partial charge in [-0.3, -0.25) is 4.90 Å². The summed E-state index contributed by atoms with van der Waals surface area (Å²) in [4.78, 5) is 33.9. The van der Waals surface area contributed by atoms with Gasteiger partial charge in [-0.25, -0.2) is 27.5 Å². The Hall–Kier alpha value is -4.57. The number of fused-ring (bicyclic) bond motifs is 1. The van der Waals surface area contributed by atoms with Gasteiger partial charge in [-0.1, -0.05) is 0 Å². The first-order chi connectivity index (χ1) is 22.7. The first-order valence-electron chi connectivity index (χ1n) is 15.5. The van der Waals surface area contributed by atoms with E-state index in [0.29, 0.717) is 88.4 Å². The highest BCUT2D eigenvalue weighted by molar-refractivity contribution is 7.88. The third-order valence-corrected chi connectivity index (χ3v) is 9.38. The molecule has 47 heavy (non-hydrogen) atoms. The van der Waals surface area contributed by atoms with E-state index in [-0.39, 0.29) is 0 Å². The molecule has 0 unspecified atom stereocenters. The molecule has 248 valence electrons. The largest absolute Gasteiger partial charge is 0.462 e. The molecule has 2 aromatic heterocycles. The summed E-state index contributed by atoms with van der Waals surface area (Å²) in [6.07, 6.45) is 3.26. The molecule has 0 saturated carbocycles. The quantitative estimate of drug-likeness (QED) is 0.256. The summed E-state index contributed by atoms with van der Waals surface area (Å²) in [7, 11) is -3.19. The molecular weight excluding hydrogens is 624 g/mol. The maximum absolute atomic E-state index is 12.6. The number of aromatic nitrogens is 3. The van der Waals surface area contributed by atoms with E-state index in [1.54, 1.807) is 43.3 Å². The monoisotopic (exact) mass is 662 g/mol. The number of ether oxygens (including phenoxy) is 2. The molecule has 0 aliphatic carbocycles. The number of carbonyl (C=O) groups is 2. The molecule has 0 bridgehead atoms. The zero-order chi connectivity index (χ0) is 33.0. The molecule has 4 aromatic rings. The van der Waals surface area contributed by atoms with Crippen LogP contribution in [-0.4, -0.2) is 110 Å². The van der Waals surface area contributed by atoms with Crippen LogP contribution in [-0.2, 0) is 26.0 Å². The number of sulfonamides is 1. The van der Waals surface area contributed by atoms with Gasteiger partial charge in [0.05, 0.1) is 31.6 Å². The minimum absolute atomic E-state index is 0.291. The molecule has 6 rings (SSSR count). The maximum atomic E-state index is 12.6. The highest BCUT2D eigenvalue weighted by atomic mass is 32.2. The van der Waals surface area contributed by atoms with Crippen LogP contribution in [0.25, 0.3) is 16.9 Å². The predicted octanol–water partition coefficient (Wildman–Crippen LogP) is 3.13. The van der Waals surface area contributed by atoms with Crippen LogP contribution in [0.2, 0.25) is 0 Å². The Bertz CT molecular complexity index is 1830. The van der Waals surface area contributed by atoms with Crippen molar-refractivity contribution in [2.75, 3.05) is 80.9 Å². The maximum Gasteiger partial charge on any atom is 0.338 e. The molecule has 2 aromatic carbocycles. The number of carbonyl (C=O) groups excluding carboxylic acids is 2. The predicted molar refractivity (Wildman–Crippen MR) is 178 cm³/mol. The fourth-order valence-corrected chi connectivity index (χ4v) is 6.46. The first-order valence-corrected chi connectivity index (χ1v) is 17.4. The van der Waals surface area contributed by atoms with Crippen LogP contribution >= 0.6 is 0 Å². The van der Waals surface area contributed by atoms with Gasteiger partial charge in [0, 0.05) is 68.9 Å². The van der Waals surface area contributed by atoms with Crippen LogP contribution < -0.4 is 15.5 Å². The van der Waals surface area contributed by atoms with Crippen molar-refractivity contribution >= 4 is 44.7 Å². The SMILES string of the molecule is CCOC(=O)c1ccc(NC(=O)Nc2ccc(-c3nc(N4CCOCC4)c4cc(CN5CCN(S(C)(=O)=O)CC5)cn4n3)cc2)cc1. The Morgan fingerprint density at radius 1 is 0.915 bits per heavy atom. The number of morpholine rings is 1. The van der Waals surface area contributed by atoms with E-state index < -0.39 is 22.0 Å². The second-order valence-electron chi connectivity index (χ2n) is 11.4. The topological polar surface area (TPSA) is 151 Å². The Balaban J connectivity index is 1.16. The van der Waals surface area contributed by atoms with Gasteiger partial charge < -0.3 is 25.0 Å². The zero-order valence-corrected chi connectivity index (χ0v) is 27.2. The van der Waals surface area contributed by atoms with E-state index in [4.69, 9.17) is 19.6 Å². The van der Waals surface area contributed by atoms with Crippen molar-refractivity contribution in [2.45, 2.75) is 13.5 Å². The fraction of sp³-hybridized carbons (Fsp3) is 0.375. The van der Waals surface area contributed by atoms with E-state index in [2.05, 4.69) is 26.5 Å². The summed E-state index contributed by atoms with van der Waals surface area (Å²) in [5.41, 5.74) is 4.28. The van der Waals surface area contributed by atoms with Crippen LogP contribution in [0.15, 0.2) is 60.8 Å². The number of rotatable bonds is 9. The molecule has 2 saturated heterocycles. The molecule has 2 fully saturated rings. The molecule has 4 heterocycles. The van der Waals surface area contributed by atoms with Gasteiger partial charge in [0.1, 0.15) is 5.52 Å². The standard InChI is InChI=1S/C32H38N8O6S/c1-3-46-31(41)25-6-10-27(11-7-25)34-32(42)33-26-8-4-24(5-9-26)29-35-30(38-16-18-45-19-17-38)28-20-23(22-40(28)36-29)21-37-12-14-39(15-13-37)47(2,43)44/h4-11,20,22H,3,12-19,21H2,1-2H3,(H2,33,34,42). The Morgan fingerprint density at radius 3 is 2.17 bits per heavy atom. The summed E-state index contributed by atoms with van der Waals surface area (Å²) in [6, 6.07) is 15.5. The minimum Gasteiger partial charge on any atom is -0.462 e. The molecule has 0 radical (unpaired) electrons. The van der Waals surface area contributed by atoms with E-state index >= 15 is 0 Å². The molecule has 15 heteroatoms. The number of nitrogens with one attached hydrogen (secondary N) is 2. The van der Waals surface area contributed by atoms with Gasteiger partial charge in [-0.15, -0.1) is 5.10 Å². The van der Waals surface area contributed by atoms with Crippen LogP contribution in [0.4, 0.5) is 22.0 Å². The van der Waals surface area contributed by atoms with Crippen molar-refractivity contribution in [3.63, 3.8) is 0 Å². The lowest BCUT2D eigenvalue weighted by molar-refractivity contribution is 0.0526. The van der Waals surface area contributed by atoms with Crippen LogP contribution in [0.3, 0.4) is 0 Å². The first kappa shape index (κ1) is 32.4. The van der Waals surface area contributed by atoms with Gasteiger partial charge in [0.25, 0.3) is 0 Å². The zero-order valence-electron chi connectivity index (χ0n) is 26.4. The summed E-state index contributed by atoms with van der Waals surface area (Å²) in [5.74, 6) is 0.950. The van der Waals surface area contributed by atoms with E-state index in [0.717, 1.165) is 22.5 Å². The average Bonchev–Trinajstić information content (AvgIpc) is 3.47. The summed E-state index contributed by atoms with van der Waals surface area (Å²) >= 11 is 0. The van der Waals surface area contributed by atoms with Crippen molar-refractivity contribution in [3.05, 3.63) is 71.9 Å². The van der Waals surface area contributed by atoms with Crippen molar-refractivity contribution in [2.24, 2.45) is 0 Å². The van der Waals surface area contributed by atoms with E-state index in [1.165, 1.54) is 10.6 Å². The lowest BCUT2D eigenvalue weighted by Gasteiger charge is -2.32. The molecular formula is C32H38N8O6S. The lowest BCUT2D eigenvalue weighted by atomic mass is 10.2. The molecule has 0 spiro atoms. The minimum atomic E-state index is -3.19. The summed E-state index contributed by atoms with van der Waals surface area (Å²) in [5, 5.41) is 10.4. The third kappa shape index (κ3) is 7.88. The second kappa shape index (κ2) is 14.0. The normalized spacial score (nSPS) is 16.3. The number of nitrogens with zero attached hydrogens (tertiary/aromatic N) is 6. The highest BCUT2D eigenvalue weighted by Crippen LogP contribution is 2.27. The van der Waals surface area contributed by atoms with Gasteiger partial charge in [-0.05, 0) is 67.1 Å². The molecule has 14 nitrogen and oxygen atoms in total. The summed E-state index contributed by atoms with van der Waals surface area (Å²) in [6.45, 7) is 7.64. The average molecular weight is 663 g/mol. The number of piperazine rings is 1. The van der Waals surface area contributed by atoms with Gasteiger partial charge >= 0.3 is 12.0 Å². The number of hydrogen-bond donors (Lipinski definition) is 2. The van der Waals surface area contributed by atoms with Crippen molar-refractivity contribution in [1.82, 2.24) is 23.8 Å². The smallest absolute Gasteiger partial charge is 0.338 e. The van der Waals surface area contributed by atoms with E-state index in [9.17, 15) is 18.0 Å². The number of amides is 2. The molecule has 2 aliphatic rings. The Labute approximate surface area is 273 Å². The van der Waals surface area contributed by atoms with Crippen molar-refractivity contribution < 1.29 is 27.5 Å². The second-order valence-corrected chi connectivity index (χ2v) is 13.4. The van der Waals surface area contributed by atoms with Crippen molar-refractivity contribution in [3.8, 4) is 11.4 Å². The summed E-state index contributed by atoms with van der Waals surface area (Å²) < 4.78 is 37.8. The van der Waals surface area contributed by atoms with Gasteiger partial charge in [0.15, 0.2) is 11.6 Å². The third-order valence-electron chi connectivity index (χ3n) is 8.07. The van der Waals surface area contributed by atoms with Gasteiger partial charge in [-0.2, -0.15) is 4.31 Å². The highest BCUT2D eigenvalue weighted by Gasteiger charge is 2.25. The molecule has 2 aliphatic heterocycles. The molecule has 2 amide bonds. The number of hydrogen-bond acceptors (Lipinski definition) is 10. The number of anilines is 3. The lowest BCUT2D eigenvalue weighted by Crippen LogP contribution is -2.47. The van der Waals surface area contributed by atoms with E-state index in [1.807, 2.05) is 22.8 Å². The number of esters is 1. The van der Waals surface area contributed by atoms with Crippen molar-refractivity contribution in [1.29, 1.82) is 0 Å². The Morgan fingerprint density at radius 2 is 1.55 bits per heavy atom. The number of benzene rings is 2. The Kier molecular flexibility index (Phi) is 9.68. The van der Waals surface area contributed by atoms with Gasteiger partial charge in [0.2, 0.25) is 10.0 Å². The van der Waals surface area contributed by atoms with Crippen LogP contribution in [0.5, 0.6) is 0 Å². The van der Waals surface area contributed by atoms with Crippen LogP contribution in [0.1, 0.15) is 22.8 Å². The molecule has 0 atom stereocenters. The van der Waals surface area contributed by atoms with Crippen LogP contribution in [0, 0.1) is 0 Å².